The van der Waals surface area contributed by atoms with Crippen LogP contribution in [0.15, 0.2) is 53.4 Å². The normalized spacial score (nSPS) is 16.3. The van der Waals surface area contributed by atoms with Crippen molar-refractivity contribution in [3.05, 3.63) is 59.7 Å². The van der Waals surface area contributed by atoms with Gasteiger partial charge in [-0.15, -0.1) is 0 Å². The predicted octanol–water partition coefficient (Wildman–Crippen LogP) is 1.77. The first kappa shape index (κ1) is 20.5. The summed E-state index contributed by atoms with van der Waals surface area (Å²) in [5, 5.41) is 14.4. The van der Waals surface area contributed by atoms with Gasteiger partial charge in [-0.3, -0.25) is 9.59 Å². The van der Waals surface area contributed by atoms with Gasteiger partial charge in [0, 0.05) is 19.2 Å². The Morgan fingerprint density at radius 2 is 1.93 bits per heavy atom. The summed E-state index contributed by atoms with van der Waals surface area (Å²) in [5.74, 6) is -0.536. The molecular weight excluding hydrogens is 392 g/mol. The summed E-state index contributed by atoms with van der Waals surface area (Å²) in [7, 11) is -2.56. The van der Waals surface area contributed by atoms with Crippen LogP contribution in [0, 0.1) is 11.3 Å². The Kier molecular flexibility index (Phi) is 5.96. The van der Waals surface area contributed by atoms with Crippen molar-refractivity contribution in [2.75, 3.05) is 18.9 Å². The van der Waals surface area contributed by atoms with E-state index < -0.39 is 15.9 Å². The molecule has 0 spiro atoms. The zero-order valence-electron chi connectivity index (χ0n) is 15.8. The third-order valence-electron chi connectivity index (χ3n) is 4.66. The van der Waals surface area contributed by atoms with Crippen LogP contribution < -0.4 is 10.6 Å². The van der Waals surface area contributed by atoms with Crippen molar-refractivity contribution >= 4 is 27.5 Å². The number of sulfonamides is 1. The maximum atomic E-state index is 12.6. The molecule has 29 heavy (non-hydrogen) atoms. The molecule has 2 N–H and O–H groups in total. The number of hydrogen-bond donors (Lipinski definition) is 2. The first-order valence-electron chi connectivity index (χ1n) is 8.96. The summed E-state index contributed by atoms with van der Waals surface area (Å²) in [5.41, 5.74) is 1.66. The van der Waals surface area contributed by atoms with Gasteiger partial charge in [0.15, 0.2) is 0 Å². The lowest BCUT2D eigenvalue weighted by atomic mass is 10.0. The highest BCUT2D eigenvalue weighted by molar-refractivity contribution is 7.89. The lowest BCUT2D eigenvalue weighted by molar-refractivity contribution is -0.119. The van der Waals surface area contributed by atoms with E-state index in [0.29, 0.717) is 24.1 Å². The van der Waals surface area contributed by atoms with E-state index in [-0.39, 0.29) is 23.4 Å². The van der Waals surface area contributed by atoms with Crippen molar-refractivity contribution in [1.82, 2.24) is 9.62 Å². The quantitative estimate of drug-likeness (QED) is 0.749. The Morgan fingerprint density at radius 3 is 2.55 bits per heavy atom. The minimum atomic E-state index is -3.88. The second-order valence-electron chi connectivity index (χ2n) is 6.69. The van der Waals surface area contributed by atoms with E-state index in [4.69, 9.17) is 5.26 Å². The zero-order chi connectivity index (χ0) is 21.0. The highest BCUT2D eigenvalue weighted by atomic mass is 32.2. The van der Waals surface area contributed by atoms with Crippen LogP contribution in [0.2, 0.25) is 0 Å². The molecule has 1 unspecified atom stereocenters. The molecule has 2 amide bonds. The molecule has 150 valence electrons. The number of nitriles is 1. The Hall–Kier alpha value is -3.22. The molecule has 0 aromatic heterocycles. The van der Waals surface area contributed by atoms with Crippen LogP contribution in [0.3, 0.4) is 0 Å². The second kappa shape index (κ2) is 8.43. The third-order valence-corrected chi connectivity index (χ3v) is 6.48. The molecular formula is C20H20N4O4S. The molecule has 9 heteroatoms. The van der Waals surface area contributed by atoms with Crippen LogP contribution in [-0.2, 0) is 19.6 Å². The van der Waals surface area contributed by atoms with Crippen LogP contribution in [0.25, 0.3) is 0 Å². The minimum Gasteiger partial charge on any atom is -0.349 e. The topological polar surface area (TPSA) is 119 Å². The first-order valence-corrected chi connectivity index (χ1v) is 10.4. The minimum absolute atomic E-state index is 0.000804. The smallest absolute Gasteiger partial charge is 0.243 e. The molecule has 8 nitrogen and oxygen atoms in total. The summed E-state index contributed by atoms with van der Waals surface area (Å²) in [6.45, 7) is -0.381. The number of nitrogens with one attached hydrogen (secondary N) is 2. The number of anilines is 1. The van der Waals surface area contributed by atoms with Gasteiger partial charge in [-0.25, -0.2) is 8.42 Å². The number of carbonyl (C=O) groups is 2. The molecule has 1 fully saturated rings. The molecule has 2 aromatic rings. The van der Waals surface area contributed by atoms with Gasteiger partial charge >= 0.3 is 0 Å². The van der Waals surface area contributed by atoms with Crippen LogP contribution in [-0.4, -0.2) is 38.1 Å². The number of para-hydroxylation sites is 1. The predicted molar refractivity (Wildman–Crippen MR) is 106 cm³/mol. The SMILES string of the molecule is CN(CC(=O)Nc1ccccc1C1CCC(=O)N1)S(=O)(=O)c1ccc(C#N)cc1. The maximum Gasteiger partial charge on any atom is 0.243 e. The summed E-state index contributed by atoms with van der Waals surface area (Å²) in [4.78, 5) is 24.0. The van der Waals surface area contributed by atoms with E-state index in [1.54, 1.807) is 12.1 Å². The van der Waals surface area contributed by atoms with Crippen molar-refractivity contribution in [2.45, 2.75) is 23.8 Å². The lowest BCUT2D eigenvalue weighted by Crippen LogP contribution is -2.35. The largest absolute Gasteiger partial charge is 0.349 e. The summed E-state index contributed by atoms with van der Waals surface area (Å²) >= 11 is 0. The molecule has 1 aliphatic heterocycles. The van der Waals surface area contributed by atoms with Gasteiger partial charge in [-0.2, -0.15) is 9.57 Å². The van der Waals surface area contributed by atoms with Gasteiger partial charge in [-0.1, -0.05) is 18.2 Å². The molecule has 1 atom stereocenters. The summed E-state index contributed by atoms with van der Waals surface area (Å²) < 4.78 is 26.2. The van der Waals surface area contributed by atoms with Crippen molar-refractivity contribution in [2.24, 2.45) is 0 Å². The van der Waals surface area contributed by atoms with Crippen LogP contribution in [0.1, 0.15) is 30.0 Å². The van der Waals surface area contributed by atoms with E-state index in [2.05, 4.69) is 10.6 Å². The number of benzene rings is 2. The average molecular weight is 412 g/mol. The number of amides is 2. The number of nitrogens with zero attached hydrogens (tertiary/aromatic N) is 2. The monoisotopic (exact) mass is 412 g/mol. The molecule has 0 aliphatic carbocycles. The number of rotatable bonds is 6. The Morgan fingerprint density at radius 1 is 1.24 bits per heavy atom. The molecule has 0 radical (unpaired) electrons. The van der Waals surface area contributed by atoms with Crippen molar-refractivity contribution < 1.29 is 18.0 Å². The first-order chi connectivity index (χ1) is 13.8. The van der Waals surface area contributed by atoms with E-state index in [9.17, 15) is 18.0 Å². The summed E-state index contributed by atoms with van der Waals surface area (Å²) in [6.07, 6.45) is 1.07. The van der Waals surface area contributed by atoms with Crippen LogP contribution >= 0.6 is 0 Å². The maximum absolute atomic E-state index is 12.6. The standard InChI is InChI=1S/C20H20N4O4S/c1-24(29(27,28)15-8-6-14(12-21)7-9-15)13-20(26)23-17-5-3-2-4-16(17)18-10-11-19(25)22-18/h2-9,18H,10-11,13H2,1H3,(H,22,25)(H,23,26). The van der Waals surface area contributed by atoms with E-state index in [1.807, 2.05) is 18.2 Å². The highest BCUT2D eigenvalue weighted by Crippen LogP contribution is 2.29. The van der Waals surface area contributed by atoms with E-state index >= 15 is 0 Å². The summed E-state index contributed by atoms with van der Waals surface area (Å²) in [6, 6.07) is 14.3. The fourth-order valence-electron chi connectivity index (χ4n) is 3.12. The Labute approximate surface area is 169 Å². The molecule has 2 aromatic carbocycles. The molecule has 1 heterocycles. The number of likely N-dealkylation sites (N-methyl/N-ethyl adjacent to an activating group) is 1. The molecule has 1 saturated heterocycles. The zero-order valence-corrected chi connectivity index (χ0v) is 16.6. The van der Waals surface area contributed by atoms with Gasteiger partial charge in [0.25, 0.3) is 0 Å². The van der Waals surface area contributed by atoms with Crippen LogP contribution in [0.4, 0.5) is 5.69 Å². The lowest BCUT2D eigenvalue weighted by Gasteiger charge is -2.19. The fraction of sp³-hybridized carbons (Fsp3) is 0.250. The van der Waals surface area contributed by atoms with Gasteiger partial charge in [0.2, 0.25) is 21.8 Å². The van der Waals surface area contributed by atoms with Gasteiger partial charge in [-0.05, 0) is 42.3 Å². The van der Waals surface area contributed by atoms with Crippen molar-refractivity contribution in [3.63, 3.8) is 0 Å². The second-order valence-corrected chi connectivity index (χ2v) is 8.74. The number of hydrogen-bond acceptors (Lipinski definition) is 5. The highest BCUT2D eigenvalue weighted by Gasteiger charge is 2.26. The molecule has 3 rings (SSSR count). The fourth-order valence-corrected chi connectivity index (χ4v) is 4.25. The van der Waals surface area contributed by atoms with E-state index in [0.717, 1.165) is 9.87 Å². The average Bonchev–Trinajstić information content (AvgIpc) is 3.14. The molecule has 0 saturated carbocycles. The van der Waals surface area contributed by atoms with Crippen LogP contribution in [0.5, 0.6) is 0 Å². The molecule has 1 aliphatic rings. The molecule has 0 bridgehead atoms. The Bertz CT molecular complexity index is 1070. The van der Waals surface area contributed by atoms with Gasteiger partial charge < -0.3 is 10.6 Å². The Balaban J connectivity index is 1.70. The van der Waals surface area contributed by atoms with Crippen molar-refractivity contribution in [1.29, 1.82) is 5.26 Å². The third kappa shape index (κ3) is 4.62. The van der Waals surface area contributed by atoms with Gasteiger partial charge in [0.05, 0.1) is 29.1 Å². The van der Waals surface area contributed by atoms with Crippen molar-refractivity contribution in [3.8, 4) is 6.07 Å². The number of carbonyl (C=O) groups excluding carboxylic acids is 2. The van der Waals surface area contributed by atoms with Gasteiger partial charge in [0.1, 0.15) is 0 Å². The van der Waals surface area contributed by atoms with E-state index in [1.165, 1.54) is 31.3 Å².